The van der Waals surface area contributed by atoms with Crippen LogP contribution < -0.4 is 0 Å². The van der Waals surface area contributed by atoms with E-state index < -0.39 is 5.69 Å². The Labute approximate surface area is 132 Å². The summed E-state index contributed by atoms with van der Waals surface area (Å²) in [7, 11) is 0. The first-order valence-electron chi connectivity index (χ1n) is 6.63. The quantitative estimate of drug-likeness (QED) is 0.373. The third-order valence-electron chi connectivity index (χ3n) is 1.63. The molecule has 0 aliphatic heterocycles. The van der Waals surface area contributed by atoms with Crippen LogP contribution in [0, 0.1) is 5.92 Å². The Morgan fingerprint density at radius 3 is 2.00 bits per heavy atom. The van der Waals surface area contributed by atoms with Gasteiger partial charge in [-0.1, -0.05) is 19.9 Å². The predicted molar refractivity (Wildman–Crippen MR) is 95.6 cm³/mol. The molecule has 0 N–H and O–H groups in total. The largest absolute Gasteiger partial charge is 0.319 e. The van der Waals surface area contributed by atoms with Crippen LogP contribution in [0.2, 0.25) is 0 Å². The highest BCUT2D eigenvalue weighted by Crippen LogP contribution is 2.63. The normalized spacial score (nSPS) is 13.3. The van der Waals surface area contributed by atoms with Crippen molar-refractivity contribution in [3.63, 3.8) is 0 Å². The monoisotopic (exact) mass is 342 g/mol. The van der Waals surface area contributed by atoms with Crippen LogP contribution in [-0.4, -0.2) is 23.7 Å². The molecule has 0 aliphatic rings. The van der Waals surface area contributed by atoms with E-state index in [-0.39, 0.29) is 12.2 Å². The highest BCUT2D eigenvalue weighted by Gasteiger charge is 2.22. The lowest BCUT2D eigenvalue weighted by molar-refractivity contribution is 0.186. The maximum absolute atomic E-state index is 5.80. The first-order chi connectivity index (χ1) is 8.75. The summed E-state index contributed by atoms with van der Waals surface area (Å²) in [6.07, 6.45) is 2.34. The van der Waals surface area contributed by atoms with Crippen molar-refractivity contribution in [2.24, 2.45) is 5.92 Å². The van der Waals surface area contributed by atoms with Gasteiger partial charge in [0.25, 0.3) is 5.69 Å². The summed E-state index contributed by atoms with van der Waals surface area (Å²) >= 11 is 9.01. The van der Waals surface area contributed by atoms with Gasteiger partial charge >= 0.3 is 0 Å². The number of thioether (sulfide) groups is 1. The molecule has 0 aromatic rings. The smallest absolute Gasteiger partial charge is 0.252 e. The Bertz CT molecular complexity index is 290. The summed E-state index contributed by atoms with van der Waals surface area (Å²) < 4.78 is 11.6. The molecule has 0 rings (SSSR count). The molecule has 6 heteroatoms. The van der Waals surface area contributed by atoms with Crippen LogP contribution in [0.1, 0.15) is 41.5 Å². The van der Waals surface area contributed by atoms with Crippen LogP contribution in [0.25, 0.3) is 0 Å². The van der Waals surface area contributed by atoms with E-state index in [0.717, 1.165) is 11.7 Å². The van der Waals surface area contributed by atoms with Gasteiger partial charge < -0.3 is 9.05 Å². The molecule has 0 bridgehead atoms. The van der Waals surface area contributed by atoms with Gasteiger partial charge in [-0.15, -0.1) is 0 Å². The lowest BCUT2D eigenvalue weighted by Crippen LogP contribution is -2.05. The van der Waals surface area contributed by atoms with Crippen LogP contribution in [0.15, 0.2) is 11.5 Å². The SMILES string of the molecule is CC(C)CSC/C=C/SP(=S)(OC(C)C)OC(C)C. The highest BCUT2D eigenvalue weighted by atomic mass is 32.9. The van der Waals surface area contributed by atoms with Crippen LogP contribution in [0.3, 0.4) is 0 Å². The van der Waals surface area contributed by atoms with Gasteiger partial charge in [0, 0.05) is 5.75 Å². The molecule has 0 saturated carbocycles. The van der Waals surface area contributed by atoms with E-state index in [9.17, 15) is 0 Å². The fourth-order valence-electron chi connectivity index (χ4n) is 1.12. The third-order valence-corrected chi connectivity index (χ3v) is 7.84. The van der Waals surface area contributed by atoms with Crippen LogP contribution in [-0.2, 0) is 20.9 Å². The predicted octanol–water partition coefficient (Wildman–Crippen LogP) is 5.70. The molecule has 0 unspecified atom stereocenters. The lowest BCUT2D eigenvalue weighted by atomic mass is 10.3. The summed E-state index contributed by atoms with van der Waals surface area (Å²) in [5.41, 5.74) is -2.25. The van der Waals surface area contributed by atoms with Crippen molar-refractivity contribution < 1.29 is 9.05 Å². The average Bonchev–Trinajstić information content (AvgIpc) is 2.20. The maximum Gasteiger partial charge on any atom is 0.252 e. The topological polar surface area (TPSA) is 18.5 Å². The molecule has 0 amide bonds. The molecule has 0 aliphatic carbocycles. The van der Waals surface area contributed by atoms with Gasteiger partial charge in [0.1, 0.15) is 0 Å². The van der Waals surface area contributed by atoms with Crippen molar-refractivity contribution >= 4 is 40.6 Å². The molecule has 0 radical (unpaired) electrons. The molecular weight excluding hydrogens is 315 g/mol. The van der Waals surface area contributed by atoms with Gasteiger partial charge in [-0.2, -0.15) is 11.8 Å². The van der Waals surface area contributed by atoms with Crippen molar-refractivity contribution in [2.75, 3.05) is 11.5 Å². The van der Waals surface area contributed by atoms with Gasteiger partial charge in [-0.25, -0.2) is 0 Å². The lowest BCUT2D eigenvalue weighted by Gasteiger charge is -2.24. The van der Waals surface area contributed by atoms with Crippen LogP contribution in [0.4, 0.5) is 0 Å². The summed E-state index contributed by atoms with van der Waals surface area (Å²) in [6.45, 7) is 12.4. The number of rotatable bonds is 10. The van der Waals surface area contributed by atoms with Crippen molar-refractivity contribution in [3.8, 4) is 0 Å². The second-order valence-electron chi connectivity index (χ2n) is 5.16. The second kappa shape index (κ2) is 10.7. The Morgan fingerprint density at radius 1 is 1.05 bits per heavy atom. The van der Waals surface area contributed by atoms with Gasteiger partial charge in [0.05, 0.1) is 12.2 Å². The number of hydrogen-bond donors (Lipinski definition) is 0. The van der Waals surface area contributed by atoms with Crippen molar-refractivity contribution in [1.82, 2.24) is 0 Å². The fraction of sp³-hybridized carbons (Fsp3) is 0.846. The van der Waals surface area contributed by atoms with E-state index in [0.29, 0.717) is 0 Å². The summed E-state index contributed by atoms with van der Waals surface area (Å²) in [5, 5.41) is 2.04. The molecular formula is C13H27O2PS3. The van der Waals surface area contributed by atoms with E-state index in [1.54, 1.807) is 0 Å². The van der Waals surface area contributed by atoms with E-state index in [1.165, 1.54) is 17.1 Å². The van der Waals surface area contributed by atoms with E-state index >= 15 is 0 Å². The second-order valence-corrected chi connectivity index (χ2v) is 12.2. The Morgan fingerprint density at radius 2 is 1.58 bits per heavy atom. The zero-order valence-electron chi connectivity index (χ0n) is 12.8. The van der Waals surface area contributed by atoms with Crippen LogP contribution >= 0.6 is 28.8 Å². The van der Waals surface area contributed by atoms with Crippen molar-refractivity contribution in [1.29, 1.82) is 0 Å². The van der Waals surface area contributed by atoms with Crippen LogP contribution in [0.5, 0.6) is 0 Å². The van der Waals surface area contributed by atoms with Crippen molar-refractivity contribution in [2.45, 2.75) is 53.8 Å². The molecule has 0 saturated heterocycles. The van der Waals surface area contributed by atoms with Gasteiger partial charge in [-0.3, -0.25) is 0 Å². The van der Waals surface area contributed by atoms with Gasteiger partial charge in [0.15, 0.2) is 0 Å². The first-order valence-corrected chi connectivity index (χ1v) is 11.9. The molecule has 0 fully saturated rings. The highest BCUT2D eigenvalue weighted by molar-refractivity contribution is 8.69. The van der Waals surface area contributed by atoms with E-state index in [4.69, 9.17) is 20.9 Å². The maximum atomic E-state index is 5.80. The zero-order valence-corrected chi connectivity index (χ0v) is 16.1. The van der Waals surface area contributed by atoms with Gasteiger partial charge in [0.2, 0.25) is 0 Å². The molecule has 0 aromatic carbocycles. The fourth-order valence-corrected chi connectivity index (χ4v) is 7.11. The third kappa shape index (κ3) is 12.5. The van der Waals surface area contributed by atoms with Crippen molar-refractivity contribution in [3.05, 3.63) is 11.5 Å². The Balaban J connectivity index is 4.19. The molecule has 19 heavy (non-hydrogen) atoms. The molecule has 0 atom stereocenters. The Hall–Kier alpha value is 1.01. The molecule has 0 spiro atoms. The standard InChI is InChI=1S/C13H27O2PS3/c1-11(2)10-18-8-7-9-19-16(17,14-12(3)4)15-13(5)6/h7,9,11-13H,8,10H2,1-6H3/b9-7+. The first kappa shape index (κ1) is 20.0. The summed E-state index contributed by atoms with van der Waals surface area (Å²) in [6, 6.07) is 0. The average molecular weight is 343 g/mol. The summed E-state index contributed by atoms with van der Waals surface area (Å²) in [5.74, 6) is 2.95. The number of hydrogen-bond acceptors (Lipinski definition) is 5. The van der Waals surface area contributed by atoms with E-state index in [2.05, 4.69) is 19.9 Å². The zero-order chi connectivity index (χ0) is 14.9. The molecule has 0 aromatic heterocycles. The molecule has 2 nitrogen and oxygen atoms in total. The minimum absolute atomic E-state index is 0.0980. The Kier molecular flexibility index (Phi) is 11.3. The van der Waals surface area contributed by atoms with E-state index in [1.807, 2.05) is 44.9 Å². The van der Waals surface area contributed by atoms with Gasteiger partial charge in [-0.05, 0) is 68.0 Å². The minimum Gasteiger partial charge on any atom is -0.319 e. The minimum atomic E-state index is -2.25. The molecule has 114 valence electrons. The summed E-state index contributed by atoms with van der Waals surface area (Å²) in [4.78, 5) is 0. The molecule has 0 heterocycles.